The summed E-state index contributed by atoms with van der Waals surface area (Å²) in [5.74, 6) is -3.26. The summed E-state index contributed by atoms with van der Waals surface area (Å²) in [7, 11) is 2.60. The number of carbonyl (C=O) groups excluding carboxylic acids is 4. The number of carbonyl (C=O) groups is 4. The highest BCUT2D eigenvalue weighted by Gasteiger charge is 2.75. The van der Waals surface area contributed by atoms with Crippen molar-refractivity contribution in [2.75, 3.05) is 14.2 Å². The van der Waals surface area contributed by atoms with E-state index in [2.05, 4.69) is 6.92 Å². The first kappa shape index (κ1) is 27.4. The van der Waals surface area contributed by atoms with Gasteiger partial charge in [0, 0.05) is 29.6 Å². The molecule has 9 atom stereocenters. The molecule has 1 aromatic rings. The quantitative estimate of drug-likeness (QED) is 0.311. The summed E-state index contributed by atoms with van der Waals surface area (Å²) in [5, 5.41) is 0. The maximum absolute atomic E-state index is 14.0. The maximum atomic E-state index is 14.0. The summed E-state index contributed by atoms with van der Waals surface area (Å²) in [6, 6.07) is 1.93. The lowest BCUT2D eigenvalue weighted by atomic mass is 9.41. The summed E-state index contributed by atoms with van der Waals surface area (Å²) in [6.45, 7) is 8.83. The van der Waals surface area contributed by atoms with Crippen LogP contribution in [0.5, 0.6) is 0 Å². The van der Waals surface area contributed by atoms with Crippen molar-refractivity contribution in [3.05, 3.63) is 47.5 Å². The van der Waals surface area contributed by atoms with E-state index in [0.29, 0.717) is 6.42 Å². The third kappa shape index (κ3) is 3.61. The van der Waals surface area contributed by atoms with Crippen LogP contribution in [0, 0.1) is 28.1 Å². The van der Waals surface area contributed by atoms with Gasteiger partial charge >= 0.3 is 17.9 Å². The van der Waals surface area contributed by atoms with Crippen molar-refractivity contribution in [3.8, 4) is 0 Å². The van der Waals surface area contributed by atoms with Crippen LogP contribution in [0.3, 0.4) is 0 Å². The molecule has 1 saturated heterocycles. The minimum absolute atomic E-state index is 0.0419. The Morgan fingerprint density at radius 2 is 1.82 bits per heavy atom. The fourth-order valence-corrected chi connectivity index (χ4v) is 8.57. The lowest BCUT2D eigenvalue weighted by molar-refractivity contribution is -0.226. The van der Waals surface area contributed by atoms with Crippen LogP contribution in [0.25, 0.3) is 0 Å². The topological polar surface area (TPSA) is 118 Å². The Labute approximate surface area is 227 Å². The zero-order valence-corrected chi connectivity index (χ0v) is 23.4. The highest BCUT2D eigenvalue weighted by Crippen LogP contribution is 2.70. The van der Waals surface area contributed by atoms with Crippen molar-refractivity contribution < 1.29 is 42.5 Å². The molecule has 9 heteroatoms. The first-order valence-corrected chi connectivity index (χ1v) is 13.3. The highest BCUT2D eigenvalue weighted by atomic mass is 16.6. The van der Waals surface area contributed by atoms with E-state index in [1.165, 1.54) is 33.3 Å². The lowest BCUT2D eigenvalue weighted by Crippen LogP contribution is -2.70. The number of hydrogen-bond acceptors (Lipinski definition) is 9. The number of furan rings is 1. The number of esters is 3. The second-order valence-electron chi connectivity index (χ2n) is 11.9. The van der Waals surface area contributed by atoms with E-state index in [0.717, 1.165) is 16.7 Å². The largest absolute Gasteiger partial charge is 0.472 e. The van der Waals surface area contributed by atoms with Crippen molar-refractivity contribution in [3.63, 3.8) is 0 Å². The number of methoxy groups -OCH3 is 2. The molecule has 0 bridgehead atoms. The van der Waals surface area contributed by atoms with Gasteiger partial charge < -0.3 is 23.4 Å². The molecule has 0 N–H and O–H groups in total. The summed E-state index contributed by atoms with van der Waals surface area (Å²) in [6.07, 6.45) is 4.88. The standard InChI is InChI=1S/C30H36O9/c1-15-18(17-9-11-37-14-17)12-19-23(15)30(5)20(13-22(33)35-6)29(4)21(32)8-10-28(3,27(34)36-7)25(29)24(26(30)39-19)38-16(2)31/h8-11,14,18-20,24-26H,12-13H2,1-7H3/t18-,19-,20-,24-,25+,26-,28+,29+,30-/m1/s1. The molecule has 5 rings (SSSR count). The van der Waals surface area contributed by atoms with Gasteiger partial charge in [-0.25, -0.2) is 0 Å². The van der Waals surface area contributed by atoms with Crippen LogP contribution in [0.4, 0.5) is 0 Å². The van der Waals surface area contributed by atoms with Gasteiger partial charge in [-0.2, -0.15) is 0 Å². The van der Waals surface area contributed by atoms with Crippen molar-refractivity contribution >= 4 is 23.7 Å². The Morgan fingerprint density at radius 3 is 2.41 bits per heavy atom. The Kier molecular flexibility index (Phi) is 6.44. The van der Waals surface area contributed by atoms with E-state index >= 15 is 0 Å². The fraction of sp³-hybridized carbons (Fsp3) is 0.600. The monoisotopic (exact) mass is 540 g/mol. The molecule has 2 heterocycles. The number of ketones is 1. The van der Waals surface area contributed by atoms with E-state index in [-0.39, 0.29) is 24.2 Å². The van der Waals surface area contributed by atoms with Gasteiger partial charge in [-0.3, -0.25) is 19.2 Å². The highest BCUT2D eigenvalue weighted by molar-refractivity contribution is 5.99. The van der Waals surface area contributed by atoms with Crippen molar-refractivity contribution in [2.24, 2.45) is 28.1 Å². The zero-order chi connectivity index (χ0) is 28.5. The third-order valence-corrected chi connectivity index (χ3v) is 10.2. The SMILES string of the molecule is COC(=O)C[C@H]1[C@]2(C)C3=C(C)[C@H](c4ccoc4)C[C@H]3O[C@@H]2[C@H](OC(C)=O)[C@@H]2[C@]1(C)C(=O)C=C[C@]2(C)C(=O)OC. The van der Waals surface area contributed by atoms with E-state index in [1.807, 2.05) is 13.0 Å². The van der Waals surface area contributed by atoms with Gasteiger partial charge in [0.1, 0.15) is 12.2 Å². The van der Waals surface area contributed by atoms with Gasteiger partial charge in [0.2, 0.25) is 0 Å². The van der Waals surface area contributed by atoms with Crippen molar-refractivity contribution in [1.82, 2.24) is 0 Å². The van der Waals surface area contributed by atoms with Crippen LogP contribution < -0.4 is 0 Å². The van der Waals surface area contributed by atoms with Gasteiger partial charge in [0.25, 0.3) is 0 Å². The molecule has 39 heavy (non-hydrogen) atoms. The van der Waals surface area contributed by atoms with Gasteiger partial charge in [0.05, 0.1) is 44.7 Å². The lowest BCUT2D eigenvalue weighted by Gasteiger charge is -2.62. The van der Waals surface area contributed by atoms with Crippen LogP contribution in [-0.4, -0.2) is 56.2 Å². The molecule has 210 valence electrons. The van der Waals surface area contributed by atoms with E-state index < -0.39 is 58.2 Å². The van der Waals surface area contributed by atoms with Crippen molar-refractivity contribution in [1.29, 1.82) is 0 Å². The molecule has 0 aromatic carbocycles. The molecule has 0 unspecified atom stereocenters. The normalized spacial score (nSPS) is 40.5. The maximum Gasteiger partial charge on any atom is 0.315 e. The average Bonchev–Trinajstić information content (AvgIpc) is 3.60. The Morgan fingerprint density at radius 1 is 1.10 bits per heavy atom. The van der Waals surface area contributed by atoms with Gasteiger partial charge in [-0.05, 0) is 49.5 Å². The first-order valence-electron chi connectivity index (χ1n) is 13.3. The summed E-state index contributed by atoms with van der Waals surface area (Å²) >= 11 is 0. The van der Waals surface area contributed by atoms with E-state index in [4.69, 9.17) is 23.4 Å². The molecular formula is C30H36O9. The second-order valence-corrected chi connectivity index (χ2v) is 11.9. The van der Waals surface area contributed by atoms with Crippen LogP contribution in [-0.2, 0) is 38.1 Å². The molecule has 1 aliphatic heterocycles. The molecule has 4 aliphatic rings. The van der Waals surface area contributed by atoms with Gasteiger partial charge in [0.15, 0.2) is 5.78 Å². The van der Waals surface area contributed by atoms with Gasteiger partial charge in [-0.15, -0.1) is 0 Å². The van der Waals surface area contributed by atoms with Crippen LogP contribution in [0.2, 0.25) is 0 Å². The Bertz CT molecular complexity index is 1280. The van der Waals surface area contributed by atoms with E-state index in [1.54, 1.807) is 26.4 Å². The molecule has 2 fully saturated rings. The smallest absolute Gasteiger partial charge is 0.315 e. The molecule has 1 aromatic heterocycles. The predicted octanol–water partition coefficient (Wildman–Crippen LogP) is 3.92. The first-order chi connectivity index (χ1) is 18.3. The zero-order valence-electron chi connectivity index (χ0n) is 23.4. The van der Waals surface area contributed by atoms with E-state index in [9.17, 15) is 19.2 Å². The summed E-state index contributed by atoms with van der Waals surface area (Å²) in [5.41, 5.74) is -0.391. The molecule has 0 radical (unpaired) electrons. The number of ether oxygens (including phenoxy) is 4. The Balaban J connectivity index is 1.78. The number of rotatable bonds is 5. The predicted molar refractivity (Wildman–Crippen MR) is 137 cm³/mol. The molecule has 1 saturated carbocycles. The summed E-state index contributed by atoms with van der Waals surface area (Å²) in [4.78, 5) is 52.9. The van der Waals surface area contributed by atoms with Gasteiger partial charge in [-0.1, -0.05) is 25.5 Å². The molecular weight excluding hydrogens is 504 g/mol. The fourth-order valence-electron chi connectivity index (χ4n) is 8.57. The van der Waals surface area contributed by atoms with Crippen LogP contribution in [0.15, 0.2) is 46.3 Å². The second kappa shape index (κ2) is 9.18. The van der Waals surface area contributed by atoms with Crippen molar-refractivity contribution in [2.45, 2.75) is 71.7 Å². The van der Waals surface area contributed by atoms with Crippen LogP contribution >= 0.6 is 0 Å². The third-order valence-electron chi connectivity index (χ3n) is 10.2. The average molecular weight is 541 g/mol. The minimum atomic E-state index is -1.32. The molecule has 0 spiro atoms. The molecule has 3 aliphatic carbocycles. The minimum Gasteiger partial charge on any atom is -0.472 e. The molecule has 9 nitrogen and oxygen atoms in total. The number of allylic oxidation sites excluding steroid dienone is 2. The summed E-state index contributed by atoms with van der Waals surface area (Å²) < 4.78 is 28.5. The van der Waals surface area contributed by atoms with Crippen LogP contribution in [0.1, 0.15) is 58.9 Å². The number of hydrogen-bond donors (Lipinski definition) is 0. The number of fused-ring (bicyclic) bond motifs is 4. The Hall–Kier alpha value is -3.20. The molecule has 0 amide bonds.